The highest BCUT2D eigenvalue weighted by atomic mass is 127. The van der Waals surface area contributed by atoms with Crippen LogP contribution < -0.4 is 10.5 Å². The van der Waals surface area contributed by atoms with Gasteiger partial charge in [-0.2, -0.15) is 0 Å². The number of ether oxygens (including phenoxy) is 1. The van der Waals surface area contributed by atoms with Gasteiger partial charge in [-0.25, -0.2) is 8.78 Å². The molecular formula is C14H12F2INO. The van der Waals surface area contributed by atoms with E-state index in [1.54, 1.807) is 6.07 Å². The van der Waals surface area contributed by atoms with Crippen molar-refractivity contribution in [2.24, 2.45) is 5.73 Å². The Morgan fingerprint density at radius 2 is 1.68 bits per heavy atom. The van der Waals surface area contributed by atoms with Gasteiger partial charge in [-0.05, 0) is 58.5 Å². The Bertz CT molecular complexity index is 604. The summed E-state index contributed by atoms with van der Waals surface area (Å²) in [6.07, 6.45) is 0. The van der Waals surface area contributed by atoms with Crippen LogP contribution in [0.2, 0.25) is 0 Å². The quantitative estimate of drug-likeness (QED) is 0.832. The van der Waals surface area contributed by atoms with Crippen molar-refractivity contribution < 1.29 is 13.5 Å². The lowest BCUT2D eigenvalue weighted by Crippen LogP contribution is -2.15. The molecule has 0 spiro atoms. The maximum Gasteiger partial charge on any atom is 0.124 e. The number of halogens is 3. The molecule has 0 aromatic heterocycles. The first-order chi connectivity index (χ1) is 9.02. The number of benzene rings is 2. The van der Waals surface area contributed by atoms with Crippen LogP contribution in [0.3, 0.4) is 0 Å². The molecule has 0 aliphatic rings. The monoisotopic (exact) mass is 375 g/mol. The normalized spacial score (nSPS) is 12.3. The van der Waals surface area contributed by atoms with Gasteiger partial charge in [0.15, 0.2) is 0 Å². The standard InChI is InChI=1S/C14H12F2INO/c1-19-13-5-3-8(15)6-11(13)14(18)10-4-2-9(16)7-12(10)17/h2-7,14H,18H2,1H3. The fourth-order valence-corrected chi connectivity index (χ4v) is 2.68. The van der Waals surface area contributed by atoms with Crippen LogP contribution >= 0.6 is 22.6 Å². The minimum atomic E-state index is -0.571. The zero-order valence-corrected chi connectivity index (χ0v) is 12.3. The highest BCUT2D eigenvalue weighted by Gasteiger charge is 2.17. The van der Waals surface area contributed by atoms with Gasteiger partial charge in [-0.3, -0.25) is 0 Å². The summed E-state index contributed by atoms with van der Waals surface area (Å²) in [5.41, 5.74) is 7.40. The molecule has 2 N–H and O–H groups in total. The lowest BCUT2D eigenvalue weighted by Gasteiger charge is -2.17. The molecule has 0 radical (unpaired) electrons. The molecule has 100 valence electrons. The minimum absolute atomic E-state index is 0.327. The molecule has 0 fully saturated rings. The molecule has 0 bridgehead atoms. The van der Waals surface area contributed by atoms with E-state index in [9.17, 15) is 8.78 Å². The van der Waals surface area contributed by atoms with Gasteiger partial charge in [0.25, 0.3) is 0 Å². The van der Waals surface area contributed by atoms with E-state index in [2.05, 4.69) is 0 Å². The lowest BCUT2D eigenvalue weighted by molar-refractivity contribution is 0.406. The second-order valence-electron chi connectivity index (χ2n) is 4.03. The van der Waals surface area contributed by atoms with Gasteiger partial charge in [0.2, 0.25) is 0 Å². The van der Waals surface area contributed by atoms with Crippen LogP contribution in [-0.4, -0.2) is 7.11 Å². The molecule has 1 unspecified atom stereocenters. The fraction of sp³-hybridized carbons (Fsp3) is 0.143. The third-order valence-corrected chi connectivity index (χ3v) is 3.76. The van der Waals surface area contributed by atoms with Gasteiger partial charge < -0.3 is 10.5 Å². The summed E-state index contributed by atoms with van der Waals surface area (Å²) < 4.78 is 32.3. The lowest BCUT2D eigenvalue weighted by atomic mass is 9.98. The Kier molecular flexibility index (Phi) is 4.36. The predicted octanol–water partition coefficient (Wildman–Crippen LogP) is 3.63. The number of nitrogens with two attached hydrogens (primary N) is 1. The molecule has 19 heavy (non-hydrogen) atoms. The number of hydrogen-bond acceptors (Lipinski definition) is 2. The summed E-state index contributed by atoms with van der Waals surface area (Å²) in [7, 11) is 1.50. The summed E-state index contributed by atoms with van der Waals surface area (Å²) in [4.78, 5) is 0. The first-order valence-electron chi connectivity index (χ1n) is 5.57. The zero-order valence-electron chi connectivity index (χ0n) is 10.2. The third kappa shape index (κ3) is 3.03. The van der Waals surface area contributed by atoms with Crippen LogP contribution in [0.5, 0.6) is 5.75 Å². The van der Waals surface area contributed by atoms with E-state index in [0.717, 1.165) is 5.56 Å². The van der Waals surface area contributed by atoms with Crippen LogP contribution in [0.1, 0.15) is 17.2 Å². The SMILES string of the molecule is COc1ccc(F)cc1C(N)c1ccc(F)cc1I. The van der Waals surface area contributed by atoms with E-state index in [0.29, 0.717) is 14.9 Å². The maximum absolute atomic E-state index is 13.4. The molecule has 5 heteroatoms. The fourth-order valence-electron chi connectivity index (χ4n) is 1.87. The topological polar surface area (TPSA) is 35.2 Å². The van der Waals surface area contributed by atoms with Crippen molar-refractivity contribution in [1.29, 1.82) is 0 Å². The van der Waals surface area contributed by atoms with Crippen molar-refractivity contribution in [3.8, 4) is 5.75 Å². The van der Waals surface area contributed by atoms with Gasteiger partial charge in [-0.1, -0.05) is 6.07 Å². The molecule has 0 heterocycles. The third-order valence-electron chi connectivity index (χ3n) is 2.82. The molecule has 2 aromatic carbocycles. The molecule has 2 nitrogen and oxygen atoms in total. The van der Waals surface area contributed by atoms with Crippen LogP contribution in [0.15, 0.2) is 36.4 Å². The Balaban J connectivity index is 2.49. The van der Waals surface area contributed by atoms with E-state index >= 15 is 0 Å². The summed E-state index contributed by atoms with van der Waals surface area (Å²) >= 11 is 2.01. The van der Waals surface area contributed by atoms with E-state index in [1.807, 2.05) is 22.6 Å². The van der Waals surface area contributed by atoms with Crippen molar-refractivity contribution in [2.75, 3.05) is 7.11 Å². The molecule has 0 saturated heterocycles. The van der Waals surface area contributed by atoms with Crippen LogP contribution in [0, 0.1) is 15.2 Å². The Labute approximate surface area is 123 Å². The summed E-state index contributed by atoms with van der Waals surface area (Å²) in [6.45, 7) is 0. The zero-order chi connectivity index (χ0) is 14.0. The Morgan fingerprint density at radius 1 is 1.05 bits per heavy atom. The average molecular weight is 375 g/mol. The van der Waals surface area contributed by atoms with Crippen LogP contribution in [0.25, 0.3) is 0 Å². The Hall–Kier alpha value is -1.21. The van der Waals surface area contributed by atoms with Crippen molar-refractivity contribution >= 4 is 22.6 Å². The first-order valence-corrected chi connectivity index (χ1v) is 6.64. The van der Waals surface area contributed by atoms with E-state index in [-0.39, 0.29) is 11.6 Å². The molecule has 0 aliphatic carbocycles. The summed E-state index contributed by atoms with van der Waals surface area (Å²) in [5.74, 6) is -0.205. The highest BCUT2D eigenvalue weighted by molar-refractivity contribution is 14.1. The molecule has 0 saturated carbocycles. The van der Waals surface area contributed by atoms with E-state index < -0.39 is 6.04 Å². The minimum Gasteiger partial charge on any atom is -0.496 e. The molecular weight excluding hydrogens is 363 g/mol. The van der Waals surface area contributed by atoms with Gasteiger partial charge in [0.05, 0.1) is 13.2 Å². The van der Waals surface area contributed by atoms with Gasteiger partial charge in [-0.15, -0.1) is 0 Å². The maximum atomic E-state index is 13.4. The predicted molar refractivity (Wildman–Crippen MR) is 78.1 cm³/mol. The molecule has 0 amide bonds. The average Bonchev–Trinajstić information content (AvgIpc) is 2.38. The summed E-state index contributed by atoms with van der Waals surface area (Å²) in [6, 6.07) is 7.93. The second-order valence-corrected chi connectivity index (χ2v) is 5.19. The number of hydrogen-bond donors (Lipinski definition) is 1. The van der Waals surface area contributed by atoms with Gasteiger partial charge >= 0.3 is 0 Å². The Morgan fingerprint density at radius 3 is 2.32 bits per heavy atom. The summed E-state index contributed by atoms with van der Waals surface area (Å²) in [5, 5.41) is 0. The first kappa shape index (κ1) is 14.2. The van der Waals surface area contributed by atoms with Gasteiger partial charge in [0, 0.05) is 9.13 Å². The number of methoxy groups -OCH3 is 1. The van der Waals surface area contributed by atoms with Crippen LogP contribution in [-0.2, 0) is 0 Å². The molecule has 1 atom stereocenters. The van der Waals surface area contributed by atoms with E-state index in [4.69, 9.17) is 10.5 Å². The molecule has 2 rings (SSSR count). The smallest absolute Gasteiger partial charge is 0.124 e. The van der Waals surface area contributed by atoms with Crippen molar-refractivity contribution in [3.63, 3.8) is 0 Å². The van der Waals surface area contributed by atoms with Crippen molar-refractivity contribution in [1.82, 2.24) is 0 Å². The van der Waals surface area contributed by atoms with E-state index in [1.165, 1.54) is 37.4 Å². The highest BCUT2D eigenvalue weighted by Crippen LogP contribution is 2.31. The van der Waals surface area contributed by atoms with Gasteiger partial charge in [0.1, 0.15) is 17.4 Å². The van der Waals surface area contributed by atoms with Crippen LogP contribution in [0.4, 0.5) is 8.78 Å². The largest absolute Gasteiger partial charge is 0.496 e. The second kappa shape index (κ2) is 5.83. The van der Waals surface area contributed by atoms with Crippen molar-refractivity contribution in [2.45, 2.75) is 6.04 Å². The molecule has 0 aliphatic heterocycles. The number of rotatable bonds is 3. The molecule has 2 aromatic rings. The van der Waals surface area contributed by atoms with Crippen molar-refractivity contribution in [3.05, 3.63) is 62.7 Å².